The Bertz CT molecular complexity index is 640. The van der Waals surface area contributed by atoms with Gasteiger partial charge < -0.3 is 60.3 Å². The number of hydrogen-bond donors (Lipinski definition) is 7. The predicted molar refractivity (Wildman–Crippen MR) is 107 cm³/mol. The van der Waals surface area contributed by atoms with Gasteiger partial charge in [0.1, 0.15) is 44.2 Å². The predicted octanol–water partition coefficient (Wildman–Crippen LogP) is -4.80. The van der Waals surface area contributed by atoms with Crippen molar-refractivity contribution < 1.29 is 58.8 Å². The highest BCUT2D eigenvalue weighted by Crippen LogP contribution is 2.33. The lowest BCUT2D eigenvalue weighted by atomic mass is 9.79. The highest BCUT2D eigenvalue weighted by Gasteiger charge is 2.50. The van der Waals surface area contributed by atoms with E-state index >= 15 is 0 Å². The second-order valence-electron chi connectivity index (χ2n) is 7.95. The average Bonchev–Trinajstić information content (AvgIpc) is 2.82. The number of nitrogens with two attached hydrogens (primary N) is 1. The molecule has 0 aromatic rings. The molecule has 0 spiro atoms. The Morgan fingerprint density at radius 1 is 1.06 bits per heavy atom. The monoisotopic (exact) mass is 482 g/mol. The zero-order valence-corrected chi connectivity index (χ0v) is 18.5. The molecule has 1 aliphatic heterocycles. The second-order valence-corrected chi connectivity index (χ2v) is 7.95. The maximum absolute atomic E-state index is 11.7. The number of rotatable bonds is 10. The van der Waals surface area contributed by atoms with Crippen molar-refractivity contribution in [2.45, 2.75) is 61.4 Å². The van der Waals surface area contributed by atoms with Crippen LogP contribution in [0.15, 0.2) is 0 Å². The molecule has 0 aromatic heterocycles. The lowest BCUT2D eigenvalue weighted by Gasteiger charge is -2.48. The lowest BCUT2D eigenvalue weighted by Crippen LogP contribution is -2.67. The Balaban J connectivity index is 2.21. The first-order chi connectivity index (χ1) is 15.7. The summed E-state index contributed by atoms with van der Waals surface area (Å²) < 4.78 is 27.1. The summed E-state index contributed by atoms with van der Waals surface area (Å²) >= 11 is 0. The summed E-state index contributed by atoms with van der Waals surface area (Å²) in [5.41, 5.74) is 6.07. The van der Waals surface area contributed by atoms with Gasteiger partial charge in [0.2, 0.25) is 5.91 Å². The molecule has 10 unspecified atom stereocenters. The molecule has 1 aliphatic carbocycles. The minimum atomic E-state index is -1.39. The Hall–Kier alpha value is -1.46. The first-order valence-electron chi connectivity index (χ1n) is 10.5. The fourth-order valence-electron chi connectivity index (χ4n) is 4.17. The third kappa shape index (κ3) is 6.57. The standard InChI is InChI=1S/C19H34N2O12/c1-29-9-3-8(4-22)17(16(28)14(9)21-11(25)5-23)33-19-13(20)15(27)18(30-2)10(32-19)7-31-12(26)6-24/h8-10,13-19,22-24,27-28H,3-7,20H2,1-2H3,(H,21,25). The van der Waals surface area contributed by atoms with Crippen molar-refractivity contribution in [1.29, 1.82) is 0 Å². The van der Waals surface area contributed by atoms with Crippen LogP contribution in [0.3, 0.4) is 0 Å². The van der Waals surface area contributed by atoms with Crippen LogP contribution in [0.4, 0.5) is 0 Å². The van der Waals surface area contributed by atoms with Crippen molar-refractivity contribution in [3.63, 3.8) is 0 Å². The van der Waals surface area contributed by atoms with Crippen molar-refractivity contribution >= 4 is 11.9 Å². The SMILES string of the molecule is COC1CC(CO)C(OC2OC(COC(=O)CO)C(OC)C(O)C2N)C(O)C1NC(=O)CO. The van der Waals surface area contributed by atoms with Gasteiger partial charge in [-0.15, -0.1) is 0 Å². The summed E-state index contributed by atoms with van der Waals surface area (Å²) in [4.78, 5) is 23.0. The van der Waals surface area contributed by atoms with E-state index in [0.717, 1.165) is 0 Å². The molecule has 0 radical (unpaired) electrons. The van der Waals surface area contributed by atoms with Crippen LogP contribution in [0.2, 0.25) is 0 Å². The van der Waals surface area contributed by atoms with Crippen LogP contribution in [0.5, 0.6) is 0 Å². The number of nitrogens with one attached hydrogen (secondary N) is 1. The summed E-state index contributed by atoms with van der Waals surface area (Å²) in [5.74, 6) is -2.30. The first kappa shape index (κ1) is 27.8. The van der Waals surface area contributed by atoms with Gasteiger partial charge in [0.15, 0.2) is 6.29 Å². The van der Waals surface area contributed by atoms with E-state index in [9.17, 15) is 24.9 Å². The number of aliphatic hydroxyl groups is 5. The normalized spacial score (nSPS) is 39.2. The van der Waals surface area contributed by atoms with E-state index in [-0.39, 0.29) is 13.0 Å². The third-order valence-corrected chi connectivity index (χ3v) is 5.93. The average molecular weight is 482 g/mol. The van der Waals surface area contributed by atoms with Crippen molar-refractivity contribution in [1.82, 2.24) is 5.32 Å². The Morgan fingerprint density at radius 2 is 1.76 bits per heavy atom. The summed E-state index contributed by atoms with van der Waals surface area (Å²) in [7, 11) is 2.68. The molecular formula is C19H34N2O12. The topological polar surface area (TPSA) is 219 Å². The van der Waals surface area contributed by atoms with Crippen LogP contribution in [0.25, 0.3) is 0 Å². The van der Waals surface area contributed by atoms with Crippen LogP contribution < -0.4 is 11.1 Å². The minimum Gasteiger partial charge on any atom is -0.461 e. The highest BCUT2D eigenvalue weighted by atomic mass is 16.7. The molecule has 1 heterocycles. The van der Waals surface area contributed by atoms with E-state index in [1.165, 1.54) is 14.2 Å². The van der Waals surface area contributed by atoms with E-state index in [0.29, 0.717) is 0 Å². The van der Waals surface area contributed by atoms with Gasteiger partial charge >= 0.3 is 5.97 Å². The summed E-state index contributed by atoms with van der Waals surface area (Å²) in [5, 5.41) is 51.7. The summed E-state index contributed by atoms with van der Waals surface area (Å²) in [6.07, 6.45) is -7.61. The molecule has 2 fully saturated rings. The van der Waals surface area contributed by atoms with E-state index in [2.05, 4.69) is 5.32 Å². The largest absolute Gasteiger partial charge is 0.461 e. The molecular weight excluding hydrogens is 448 g/mol. The molecule has 0 aromatic carbocycles. The van der Waals surface area contributed by atoms with Crippen LogP contribution in [-0.2, 0) is 33.3 Å². The number of hydrogen-bond acceptors (Lipinski definition) is 13. The number of carbonyl (C=O) groups excluding carboxylic acids is 2. The van der Waals surface area contributed by atoms with E-state index in [1.54, 1.807) is 0 Å². The molecule has 1 amide bonds. The zero-order valence-electron chi connectivity index (χ0n) is 18.5. The fraction of sp³-hybridized carbons (Fsp3) is 0.895. The van der Waals surface area contributed by atoms with Gasteiger partial charge in [-0.05, 0) is 6.42 Å². The third-order valence-electron chi connectivity index (χ3n) is 5.93. The van der Waals surface area contributed by atoms with Gasteiger partial charge in [-0.1, -0.05) is 0 Å². The summed E-state index contributed by atoms with van der Waals surface area (Å²) in [6, 6.07) is -2.11. The van der Waals surface area contributed by atoms with Crippen LogP contribution in [0, 0.1) is 5.92 Å². The Morgan fingerprint density at radius 3 is 2.30 bits per heavy atom. The molecule has 0 bridgehead atoms. The van der Waals surface area contributed by atoms with E-state index in [1.807, 2.05) is 0 Å². The number of methoxy groups -OCH3 is 2. The molecule has 192 valence electrons. The molecule has 10 atom stereocenters. The minimum absolute atomic E-state index is 0.188. The smallest absolute Gasteiger partial charge is 0.331 e. The number of carbonyl (C=O) groups is 2. The van der Waals surface area contributed by atoms with Crippen molar-refractivity contribution in [2.24, 2.45) is 11.7 Å². The van der Waals surface area contributed by atoms with Crippen LogP contribution >= 0.6 is 0 Å². The Labute approximate surface area is 190 Å². The van der Waals surface area contributed by atoms with Gasteiger partial charge in [0.05, 0.1) is 24.3 Å². The van der Waals surface area contributed by atoms with Gasteiger partial charge in [0, 0.05) is 26.7 Å². The van der Waals surface area contributed by atoms with Crippen LogP contribution in [-0.4, -0.2) is 133 Å². The molecule has 1 saturated heterocycles. The molecule has 14 nitrogen and oxygen atoms in total. The van der Waals surface area contributed by atoms with Crippen molar-refractivity contribution in [2.75, 3.05) is 40.6 Å². The highest BCUT2D eigenvalue weighted by molar-refractivity contribution is 5.77. The number of esters is 1. The quantitative estimate of drug-likeness (QED) is 0.146. The van der Waals surface area contributed by atoms with E-state index < -0.39 is 92.6 Å². The van der Waals surface area contributed by atoms with Crippen LogP contribution in [0.1, 0.15) is 6.42 Å². The maximum Gasteiger partial charge on any atom is 0.331 e. The number of aliphatic hydroxyl groups excluding tert-OH is 5. The Kier molecular flexibility index (Phi) is 10.8. The maximum atomic E-state index is 11.7. The number of ether oxygens (including phenoxy) is 5. The molecule has 14 heteroatoms. The van der Waals surface area contributed by atoms with Gasteiger partial charge in [-0.2, -0.15) is 0 Å². The molecule has 2 rings (SSSR count). The van der Waals surface area contributed by atoms with Gasteiger partial charge in [-0.25, -0.2) is 4.79 Å². The van der Waals surface area contributed by atoms with Gasteiger partial charge in [0.25, 0.3) is 0 Å². The second kappa shape index (κ2) is 12.9. The van der Waals surface area contributed by atoms with Crippen molar-refractivity contribution in [3.05, 3.63) is 0 Å². The summed E-state index contributed by atoms with van der Waals surface area (Å²) in [6.45, 7) is -2.42. The fourth-order valence-corrected chi connectivity index (χ4v) is 4.17. The van der Waals surface area contributed by atoms with Gasteiger partial charge in [-0.3, -0.25) is 4.79 Å². The number of amides is 1. The molecule has 33 heavy (non-hydrogen) atoms. The molecule has 8 N–H and O–H groups in total. The lowest BCUT2D eigenvalue weighted by molar-refractivity contribution is -0.302. The first-order valence-corrected chi connectivity index (χ1v) is 10.5. The zero-order chi connectivity index (χ0) is 24.7. The molecule has 2 aliphatic rings. The molecule has 1 saturated carbocycles. The van der Waals surface area contributed by atoms with E-state index in [4.69, 9.17) is 39.6 Å². The van der Waals surface area contributed by atoms with Crippen molar-refractivity contribution in [3.8, 4) is 0 Å².